The Morgan fingerprint density at radius 1 is 1.08 bits per heavy atom. The Morgan fingerprint density at radius 2 is 1.80 bits per heavy atom. The number of likely N-dealkylation sites (N-methyl/N-ethyl adjacent to an activating group) is 1. The molecule has 3 rings (SSSR count). The Bertz CT molecular complexity index is 486. The number of rotatable bonds is 5. The zero-order chi connectivity index (χ0) is 17.9. The first-order valence-electron chi connectivity index (χ1n) is 10.1. The Kier molecular flexibility index (Phi) is 6.00. The lowest BCUT2D eigenvalue weighted by molar-refractivity contribution is -0.133. The largest absolute Gasteiger partial charge is 0.342 e. The Morgan fingerprint density at radius 3 is 2.48 bits per heavy atom. The lowest BCUT2D eigenvalue weighted by Gasteiger charge is -2.27. The van der Waals surface area contributed by atoms with Crippen LogP contribution in [0.15, 0.2) is 0 Å². The molecule has 0 aromatic carbocycles. The number of amides is 2. The molecular formula is C19H34N4O2. The van der Waals surface area contributed by atoms with Crippen LogP contribution >= 0.6 is 0 Å². The summed E-state index contributed by atoms with van der Waals surface area (Å²) in [6.45, 7) is 11.6. The van der Waals surface area contributed by atoms with Gasteiger partial charge in [-0.3, -0.25) is 14.5 Å². The molecule has 0 aromatic rings. The molecule has 1 atom stereocenters. The van der Waals surface area contributed by atoms with Crippen molar-refractivity contribution in [3.8, 4) is 0 Å². The van der Waals surface area contributed by atoms with Crippen molar-refractivity contribution < 1.29 is 9.59 Å². The summed E-state index contributed by atoms with van der Waals surface area (Å²) >= 11 is 0. The molecule has 0 bridgehead atoms. The second kappa shape index (κ2) is 8.04. The van der Waals surface area contributed by atoms with E-state index in [1.54, 1.807) is 0 Å². The predicted molar refractivity (Wildman–Crippen MR) is 98.2 cm³/mol. The van der Waals surface area contributed by atoms with Gasteiger partial charge in [-0.05, 0) is 58.0 Å². The van der Waals surface area contributed by atoms with E-state index in [-0.39, 0.29) is 11.8 Å². The molecule has 142 valence electrons. The second-order valence-electron chi connectivity index (χ2n) is 7.89. The molecule has 1 saturated carbocycles. The third-order valence-electron chi connectivity index (χ3n) is 6.46. The highest BCUT2D eigenvalue weighted by Gasteiger charge is 2.58. The van der Waals surface area contributed by atoms with Crippen molar-refractivity contribution in [1.82, 2.24) is 20.0 Å². The first-order chi connectivity index (χ1) is 12.1. The van der Waals surface area contributed by atoms with Crippen LogP contribution in [-0.2, 0) is 9.59 Å². The van der Waals surface area contributed by atoms with E-state index in [0.29, 0.717) is 17.9 Å². The second-order valence-corrected chi connectivity index (χ2v) is 7.89. The lowest BCUT2D eigenvalue weighted by Crippen LogP contribution is -2.42. The molecule has 6 heteroatoms. The summed E-state index contributed by atoms with van der Waals surface area (Å²) in [4.78, 5) is 31.4. The number of nitrogens with one attached hydrogen (secondary N) is 1. The van der Waals surface area contributed by atoms with Gasteiger partial charge in [-0.2, -0.15) is 0 Å². The first-order valence-corrected chi connectivity index (χ1v) is 10.1. The summed E-state index contributed by atoms with van der Waals surface area (Å²) in [6, 6.07) is 0. The maximum Gasteiger partial charge on any atom is 0.236 e. The molecule has 1 unspecified atom stereocenters. The topological polar surface area (TPSA) is 55.9 Å². The minimum atomic E-state index is 0.209. The molecule has 2 aliphatic heterocycles. The summed E-state index contributed by atoms with van der Waals surface area (Å²) in [5, 5.41) is 3.40. The Balaban J connectivity index is 1.48. The van der Waals surface area contributed by atoms with Crippen molar-refractivity contribution >= 4 is 11.8 Å². The van der Waals surface area contributed by atoms with Crippen LogP contribution in [0.4, 0.5) is 0 Å². The molecule has 2 heterocycles. The normalized spacial score (nSPS) is 26.3. The van der Waals surface area contributed by atoms with Gasteiger partial charge in [-0.25, -0.2) is 0 Å². The number of hydrogen-bond donors (Lipinski definition) is 1. The minimum Gasteiger partial charge on any atom is -0.342 e. The smallest absolute Gasteiger partial charge is 0.236 e. The molecule has 1 spiro atoms. The van der Waals surface area contributed by atoms with Crippen LogP contribution in [0.1, 0.15) is 39.5 Å². The fraction of sp³-hybridized carbons (Fsp3) is 0.895. The van der Waals surface area contributed by atoms with Gasteiger partial charge in [-0.15, -0.1) is 0 Å². The highest BCUT2D eigenvalue weighted by molar-refractivity contribution is 5.83. The number of carbonyl (C=O) groups excluding carboxylic acids is 2. The van der Waals surface area contributed by atoms with Crippen molar-refractivity contribution in [1.29, 1.82) is 0 Å². The molecule has 0 aromatic heterocycles. The Labute approximate surface area is 151 Å². The zero-order valence-corrected chi connectivity index (χ0v) is 15.9. The summed E-state index contributed by atoms with van der Waals surface area (Å²) in [7, 11) is 0. The van der Waals surface area contributed by atoms with Gasteiger partial charge in [0.25, 0.3) is 0 Å². The van der Waals surface area contributed by atoms with Gasteiger partial charge in [0.15, 0.2) is 0 Å². The number of nitrogens with zero attached hydrogens (tertiary/aromatic N) is 3. The van der Waals surface area contributed by atoms with Gasteiger partial charge in [0.2, 0.25) is 11.8 Å². The van der Waals surface area contributed by atoms with Crippen LogP contribution in [0.5, 0.6) is 0 Å². The monoisotopic (exact) mass is 350 g/mol. The number of carbonyl (C=O) groups is 2. The molecule has 3 fully saturated rings. The van der Waals surface area contributed by atoms with Crippen LogP contribution < -0.4 is 5.32 Å². The SMILES string of the molecule is CCN(CC)C(=O)CN1CCCN(C(=O)C2CC23CCNCC3)CC1. The van der Waals surface area contributed by atoms with Crippen molar-refractivity contribution in [2.24, 2.45) is 11.3 Å². The van der Waals surface area contributed by atoms with Gasteiger partial charge < -0.3 is 15.1 Å². The minimum absolute atomic E-state index is 0.209. The molecule has 25 heavy (non-hydrogen) atoms. The maximum atomic E-state index is 12.9. The van der Waals surface area contributed by atoms with E-state index < -0.39 is 0 Å². The van der Waals surface area contributed by atoms with E-state index in [2.05, 4.69) is 15.1 Å². The maximum absolute atomic E-state index is 12.9. The molecule has 0 radical (unpaired) electrons. The summed E-state index contributed by atoms with van der Waals surface area (Å²) in [5.41, 5.74) is 0.313. The zero-order valence-electron chi connectivity index (χ0n) is 15.9. The fourth-order valence-corrected chi connectivity index (χ4v) is 4.61. The van der Waals surface area contributed by atoms with Crippen LogP contribution in [0, 0.1) is 11.3 Å². The first kappa shape index (κ1) is 18.6. The van der Waals surface area contributed by atoms with Crippen LogP contribution in [0.25, 0.3) is 0 Å². The van der Waals surface area contributed by atoms with Gasteiger partial charge in [-0.1, -0.05) is 0 Å². The number of piperidine rings is 1. The summed E-state index contributed by atoms with van der Waals surface area (Å²) in [5.74, 6) is 0.845. The number of hydrogen-bond acceptors (Lipinski definition) is 4. The van der Waals surface area contributed by atoms with E-state index in [4.69, 9.17) is 0 Å². The van der Waals surface area contributed by atoms with E-state index in [0.717, 1.165) is 78.0 Å². The van der Waals surface area contributed by atoms with E-state index in [9.17, 15) is 9.59 Å². The van der Waals surface area contributed by atoms with Crippen molar-refractivity contribution in [3.63, 3.8) is 0 Å². The molecule has 3 aliphatic rings. The summed E-state index contributed by atoms with van der Waals surface area (Å²) < 4.78 is 0. The van der Waals surface area contributed by atoms with Crippen molar-refractivity contribution in [2.75, 3.05) is 58.9 Å². The molecule has 2 saturated heterocycles. The highest BCUT2D eigenvalue weighted by Crippen LogP contribution is 2.59. The van der Waals surface area contributed by atoms with Gasteiger partial charge in [0.1, 0.15) is 0 Å². The predicted octanol–water partition coefficient (Wildman–Crippen LogP) is 0.779. The molecule has 1 aliphatic carbocycles. The van der Waals surface area contributed by atoms with Crippen LogP contribution in [-0.4, -0.2) is 85.4 Å². The molecule has 6 nitrogen and oxygen atoms in total. The van der Waals surface area contributed by atoms with Gasteiger partial charge in [0.05, 0.1) is 6.54 Å². The molecule has 2 amide bonds. The van der Waals surface area contributed by atoms with E-state index >= 15 is 0 Å². The summed E-state index contributed by atoms with van der Waals surface area (Å²) in [6.07, 6.45) is 4.37. The third-order valence-corrected chi connectivity index (χ3v) is 6.46. The quantitative estimate of drug-likeness (QED) is 0.796. The van der Waals surface area contributed by atoms with E-state index in [1.807, 2.05) is 18.7 Å². The third kappa shape index (κ3) is 4.17. The van der Waals surface area contributed by atoms with Crippen LogP contribution in [0.3, 0.4) is 0 Å². The molecular weight excluding hydrogens is 316 g/mol. The highest BCUT2D eigenvalue weighted by atomic mass is 16.2. The average Bonchev–Trinajstić information content (AvgIpc) is 3.35. The lowest BCUT2D eigenvalue weighted by atomic mass is 9.91. The van der Waals surface area contributed by atoms with Crippen molar-refractivity contribution in [2.45, 2.75) is 39.5 Å². The Hall–Kier alpha value is -1.14. The van der Waals surface area contributed by atoms with Gasteiger partial charge >= 0.3 is 0 Å². The van der Waals surface area contributed by atoms with Gasteiger partial charge in [0, 0.05) is 45.2 Å². The van der Waals surface area contributed by atoms with Crippen LogP contribution in [0.2, 0.25) is 0 Å². The fourth-order valence-electron chi connectivity index (χ4n) is 4.61. The standard InChI is InChI=1S/C19H34N4O2/c1-3-22(4-2)17(24)15-21-10-5-11-23(13-12-21)18(25)16-14-19(16)6-8-20-9-7-19/h16,20H,3-15H2,1-2H3. The van der Waals surface area contributed by atoms with E-state index in [1.165, 1.54) is 0 Å². The van der Waals surface area contributed by atoms with Crippen molar-refractivity contribution in [3.05, 3.63) is 0 Å². The average molecular weight is 351 g/mol. The molecule has 1 N–H and O–H groups in total.